The zero-order valence-corrected chi connectivity index (χ0v) is 10.7. The molecule has 0 aliphatic heterocycles. The number of amides is 1. The Morgan fingerprint density at radius 1 is 1.44 bits per heavy atom. The Balaban J connectivity index is 1.97. The van der Waals surface area contributed by atoms with Crippen LogP contribution in [-0.2, 0) is 4.79 Å². The highest BCUT2D eigenvalue weighted by atomic mass is 16.5. The van der Waals surface area contributed by atoms with Crippen LogP contribution < -0.4 is 15.8 Å². The molecule has 1 amide bonds. The van der Waals surface area contributed by atoms with E-state index >= 15 is 0 Å². The largest absolute Gasteiger partial charge is 0.497 e. The van der Waals surface area contributed by atoms with E-state index < -0.39 is 0 Å². The van der Waals surface area contributed by atoms with Crippen LogP contribution in [0.4, 0.5) is 11.4 Å². The Labute approximate surface area is 108 Å². The number of hydrogen-bond acceptors (Lipinski definition) is 3. The third kappa shape index (κ3) is 3.15. The standard InChI is InChI=1S/C14H20N2O2/c1-18-11-6-7-12(15)13(9-11)16-14(17)8-10-4-2-3-5-10/h6-7,9-10H,2-5,8,15H2,1H3,(H,16,17). The van der Waals surface area contributed by atoms with Gasteiger partial charge in [0.1, 0.15) is 5.75 Å². The number of nitrogens with two attached hydrogens (primary N) is 1. The molecule has 1 aromatic carbocycles. The fourth-order valence-electron chi connectivity index (χ4n) is 2.45. The minimum absolute atomic E-state index is 0.0434. The average molecular weight is 248 g/mol. The van der Waals surface area contributed by atoms with Gasteiger partial charge in [0, 0.05) is 12.5 Å². The normalized spacial score (nSPS) is 15.6. The van der Waals surface area contributed by atoms with Gasteiger partial charge in [-0.3, -0.25) is 4.79 Å². The monoisotopic (exact) mass is 248 g/mol. The summed E-state index contributed by atoms with van der Waals surface area (Å²) in [6, 6.07) is 5.27. The minimum atomic E-state index is 0.0434. The number of nitrogen functional groups attached to an aromatic ring is 1. The lowest BCUT2D eigenvalue weighted by Crippen LogP contribution is -2.16. The topological polar surface area (TPSA) is 64.3 Å². The number of carbonyl (C=O) groups excluding carboxylic acids is 1. The number of carbonyl (C=O) groups is 1. The molecule has 1 aromatic rings. The molecule has 0 heterocycles. The van der Waals surface area contributed by atoms with Gasteiger partial charge in [-0.05, 0) is 30.9 Å². The molecular formula is C14H20N2O2. The molecule has 18 heavy (non-hydrogen) atoms. The molecule has 3 N–H and O–H groups in total. The molecule has 0 radical (unpaired) electrons. The van der Waals surface area contributed by atoms with Gasteiger partial charge in [0.15, 0.2) is 0 Å². The van der Waals surface area contributed by atoms with Crippen LogP contribution in [-0.4, -0.2) is 13.0 Å². The first-order valence-electron chi connectivity index (χ1n) is 6.42. The van der Waals surface area contributed by atoms with Crippen LogP contribution in [0.15, 0.2) is 18.2 Å². The van der Waals surface area contributed by atoms with Gasteiger partial charge in [0.05, 0.1) is 18.5 Å². The first kappa shape index (κ1) is 12.7. The lowest BCUT2D eigenvalue weighted by molar-refractivity contribution is -0.117. The molecule has 1 fully saturated rings. The van der Waals surface area contributed by atoms with Crippen molar-refractivity contribution in [2.24, 2.45) is 5.92 Å². The number of methoxy groups -OCH3 is 1. The van der Waals surface area contributed by atoms with Gasteiger partial charge in [-0.1, -0.05) is 12.8 Å². The second-order valence-corrected chi connectivity index (χ2v) is 4.86. The van der Waals surface area contributed by atoms with Crippen molar-refractivity contribution in [2.75, 3.05) is 18.2 Å². The van der Waals surface area contributed by atoms with Crippen LogP contribution in [0, 0.1) is 5.92 Å². The summed E-state index contributed by atoms with van der Waals surface area (Å²) in [4.78, 5) is 11.9. The molecule has 1 aliphatic carbocycles. The Morgan fingerprint density at radius 2 is 2.17 bits per heavy atom. The van der Waals surface area contributed by atoms with Crippen LogP contribution in [0.25, 0.3) is 0 Å². The van der Waals surface area contributed by atoms with Crippen LogP contribution in [0.5, 0.6) is 5.75 Å². The van der Waals surface area contributed by atoms with Gasteiger partial charge in [-0.15, -0.1) is 0 Å². The van der Waals surface area contributed by atoms with Crippen LogP contribution in [0.2, 0.25) is 0 Å². The maximum atomic E-state index is 11.9. The molecule has 98 valence electrons. The fourth-order valence-corrected chi connectivity index (χ4v) is 2.45. The number of hydrogen-bond donors (Lipinski definition) is 2. The van der Waals surface area contributed by atoms with Gasteiger partial charge in [-0.2, -0.15) is 0 Å². The molecule has 1 saturated carbocycles. The van der Waals surface area contributed by atoms with Crippen molar-refractivity contribution in [2.45, 2.75) is 32.1 Å². The molecule has 0 saturated heterocycles. The van der Waals surface area contributed by atoms with Gasteiger partial charge in [-0.25, -0.2) is 0 Å². The summed E-state index contributed by atoms with van der Waals surface area (Å²) in [6.07, 6.45) is 5.43. The molecule has 0 bridgehead atoms. The number of rotatable bonds is 4. The summed E-state index contributed by atoms with van der Waals surface area (Å²) in [5, 5.41) is 2.87. The molecule has 1 aliphatic rings. The van der Waals surface area contributed by atoms with Crippen molar-refractivity contribution in [1.29, 1.82) is 0 Å². The minimum Gasteiger partial charge on any atom is -0.497 e. The highest BCUT2D eigenvalue weighted by Gasteiger charge is 2.18. The van der Waals surface area contributed by atoms with Crippen molar-refractivity contribution in [1.82, 2.24) is 0 Å². The predicted octanol–water partition coefficient (Wildman–Crippen LogP) is 2.80. The van der Waals surface area contributed by atoms with Crippen LogP contribution in [0.1, 0.15) is 32.1 Å². The number of anilines is 2. The van der Waals surface area contributed by atoms with E-state index in [0.29, 0.717) is 29.5 Å². The maximum absolute atomic E-state index is 11.9. The average Bonchev–Trinajstić information content (AvgIpc) is 2.84. The SMILES string of the molecule is COc1ccc(N)c(NC(=O)CC2CCCC2)c1. The fraction of sp³-hybridized carbons (Fsp3) is 0.500. The van der Waals surface area contributed by atoms with E-state index in [2.05, 4.69) is 5.32 Å². The molecule has 4 nitrogen and oxygen atoms in total. The van der Waals surface area contributed by atoms with Gasteiger partial charge >= 0.3 is 0 Å². The number of nitrogens with one attached hydrogen (secondary N) is 1. The molecule has 0 unspecified atom stereocenters. The van der Waals surface area contributed by atoms with Crippen LogP contribution >= 0.6 is 0 Å². The third-order valence-electron chi connectivity index (χ3n) is 3.48. The van der Waals surface area contributed by atoms with Crippen molar-refractivity contribution < 1.29 is 9.53 Å². The lowest BCUT2D eigenvalue weighted by Gasteiger charge is -2.12. The van der Waals surface area contributed by atoms with Crippen LogP contribution in [0.3, 0.4) is 0 Å². The smallest absolute Gasteiger partial charge is 0.224 e. The predicted molar refractivity (Wildman–Crippen MR) is 72.6 cm³/mol. The molecule has 2 rings (SSSR count). The van der Waals surface area contributed by atoms with E-state index in [9.17, 15) is 4.79 Å². The van der Waals surface area contributed by atoms with Crippen molar-refractivity contribution in [3.8, 4) is 5.75 Å². The van der Waals surface area contributed by atoms with E-state index in [1.54, 1.807) is 25.3 Å². The van der Waals surface area contributed by atoms with Crippen molar-refractivity contribution in [3.05, 3.63) is 18.2 Å². The highest BCUT2D eigenvalue weighted by molar-refractivity contribution is 5.94. The van der Waals surface area contributed by atoms with Crippen molar-refractivity contribution >= 4 is 17.3 Å². The van der Waals surface area contributed by atoms with Gasteiger partial charge < -0.3 is 15.8 Å². The summed E-state index contributed by atoms with van der Waals surface area (Å²) in [5.74, 6) is 1.28. The molecule has 0 spiro atoms. The van der Waals surface area contributed by atoms with Crippen molar-refractivity contribution in [3.63, 3.8) is 0 Å². The van der Waals surface area contributed by atoms with Gasteiger partial charge in [0.25, 0.3) is 0 Å². The summed E-state index contributed by atoms with van der Waals surface area (Å²) >= 11 is 0. The third-order valence-corrected chi connectivity index (χ3v) is 3.48. The van der Waals surface area contributed by atoms with E-state index in [4.69, 9.17) is 10.5 Å². The summed E-state index contributed by atoms with van der Waals surface area (Å²) in [5.41, 5.74) is 7.03. The summed E-state index contributed by atoms with van der Waals surface area (Å²) in [7, 11) is 1.59. The highest BCUT2D eigenvalue weighted by Crippen LogP contribution is 2.29. The van der Waals surface area contributed by atoms with E-state index in [1.807, 2.05) is 0 Å². The molecule has 0 atom stereocenters. The Morgan fingerprint density at radius 3 is 2.83 bits per heavy atom. The number of benzene rings is 1. The second kappa shape index (κ2) is 5.76. The maximum Gasteiger partial charge on any atom is 0.224 e. The molecule has 0 aromatic heterocycles. The Hall–Kier alpha value is -1.71. The summed E-state index contributed by atoms with van der Waals surface area (Å²) < 4.78 is 5.12. The quantitative estimate of drug-likeness (QED) is 0.805. The van der Waals surface area contributed by atoms with E-state index in [-0.39, 0.29) is 5.91 Å². The number of ether oxygens (including phenoxy) is 1. The van der Waals surface area contributed by atoms with E-state index in [1.165, 1.54) is 25.7 Å². The Bertz CT molecular complexity index is 426. The molecule has 4 heteroatoms. The van der Waals surface area contributed by atoms with E-state index in [0.717, 1.165) is 0 Å². The first-order chi connectivity index (χ1) is 8.69. The zero-order valence-electron chi connectivity index (χ0n) is 10.7. The summed E-state index contributed by atoms with van der Waals surface area (Å²) in [6.45, 7) is 0. The zero-order chi connectivity index (χ0) is 13.0. The lowest BCUT2D eigenvalue weighted by atomic mass is 10.0. The second-order valence-electron chi connectivity index (χ2n) is 4.86. The van der Waals surface area contributed by atoms with Gasteiger partial charge in [0.2, 0.25) is 5.91 Å². The first-order valence-corrected chi connectivity index (χ1v) is 6.42. The molecular weight excluding hydrogens is 228 g/mol. The Kier molecular flexibility index (Phi) is 4.07.